The summed E-state index contributed by atoms with van der Waals surface area (Å²) in [4.78, 5) is 14.6. The molecule has 18 heavy (non-hydrogen) atoms. The molecule has 0 spiro atoms. The highest BCUT2D eigenvalue weighted by Gasteiger charge is 2.31. The third-order valence-corrected chi connectivity index (χ3v) is 3.99. The number of H-pyrrole nitrogens is 1. The van der Waals surface area contributed by atoms with Crippen LogP contribution in [0.25, 0.3) is 0 Å². The molecule has 1 aliphatic carbocycles. The smallest absolute Gasteiger partial charge is 0.230 e. The van der Waals surface area contributed by atoms with Gasteiger partial charge in [-0.3, -0.25) is 9.89 Å². The highest BCUT2D eigenvalue weighted by Crippen LogP contribution is 2.32. The lowest BCUT2D eigenvalue weighted by Crippen LogP contribution is -2.39. The van der Waals surface area contributed by atoms with Crippen molar-refractivity contribution in [1.82, 2.24) is 15.1 Å². The second kappa shape index (κ2) is 4.59. The van der Waals surface area contributed by atoms with Gasteiger partial charge in [0.1, 0.15) is 0 Å². The van der Waals surface area contributed by atoms with Crippen LogP contribution in [0.15, 0.2) is 17.8 Å². The molecule has 2 aliphatic rings. The molecule has 1 amide bonds. The van der Waals surface area contributed by atoms with Crippen molar-refractivity contribution < 1.29 is 4.79 Å². The number of aryl methyl sites for hydroxylation is 1. The number of rotatable bonds is 1. The zero-order valence-corrected chi connectivity index (χ0v) is 10.8. The largest absolute Gasteiger partial charge is 0.338 e. The van der Waals surface area contributed by atoms with Crippen LogP contribution < -0.4 is 0 Å². The first-order chi connectivity index (χ1) is 8.75. The first-order valence-electron chi connectivity index (χ1n) is 6.72. The lowest BCUT2D eigenvalue weighted by atomic mass is 9.86. The van der Waals surface area contributed by atoms with Crippen LogP contribution >= 0.6 is 0 Å². The van der Waals surface area contributed by atoms with E-state index in [4.69, 9.17) is 0 Å². The summed E-state index contributed by atoms with van der Waals surface area (Å²) in [5.41, 5.74) is 3.58. The Balaban J connectivity index is 1.80. The van der Waals surface area contributed by atoms with E-state index in [-0.39, 0.29) is 11.8 Å². The lowest BCUT2D eigenvalue weighted by Gasteiger charge is -2.31. The number of amides is 1. The van der Waals surface area contributed by atoms with Gasteiger partial charge in [0, 0.05) is 24.3 Å². The maximum Gasteiger partial charge on any atom is 0.230 e. The van der Waals surface area contributed by atoms with Crippen LogP contribution in [-0.2, 0) is 11.2 Å². The molecule has 1 unspecified atom stereocenters. The molecule has 4 heteroatoms. The molecule has 1 aliphatic heterocycles. The summed E-state index contributed by atoms with van der Waals surface area (Å²) in [6.45, 7) is 3.76. The van der Waals surface area contributed by atoms with Gasteiger partial charge in [-0.2, -0.15) is 5.10 Å². The van der Waals surface area contributed by atoms with E-state index in [2.05, 4.69) is 23.2 Å². The number of aromatic amines is 1. The van der Waals surface area contributed by atoms with Gasteiger partial charge in [-0.1, -0.05) is 11.6 Å². The SMILES string of the molecule is CC1=CCCN(C(=O)C2CCCc3[nH]ncc32)C1. The van der Waals surface area contributed by atoms with Crippen molar-refractivity contribution in [2.75, 3.05) is 13.1 Å². The number of fused-ring (bicyclic) bond motifs is 1. The van der Waals surface area contributed by atoms with E-state index >= 15 is 0 Å². The summed E-state index contributed by atoms with van der Waals surface area (Å²) in [7, 11) is 0. The zero-order chi connectivity index (χ0) is 12.5. The standard InChI is InChI=1S/C14H19N3O/c1-10-4-3-7-17(9-10)14(18)11-5-2-6-13-12(11)8-15-16-13/h4,8,11H,2-3,5-7,9H2,1H3,(H,15,16). The topological polar surface area (TPSA) is 49.0 Å². The maximum atomic E-state index is 12.6. The van der Waals surface area contributed by atoms with Gasteiger partial charge in [0.25, 0.3) is 0 Å². The summed E-state index contributed by atoms with van der Waals surface area (Å²) in [6.07, 6.45) is 8.12. The average Bonchev–Trinajstić information content (AvgIpc) is 2.86. The van der Waals surface area contributed by atoms with Crippen LogP contribution in [0.1, 0.15) is 43.4 Å². The molecule has 0 aromatic carbocycles. The Morgan fingerprint density at radius 1 is 1.56 bits per heavy atom. The molecule has 1 N–H and O–H groups in total. The van der Waals surface area contributed by atoms with Crippen LogP contribution in [0.5, 0.6) is 0 Å². The molecule has 1 aromatic heterocycles. The second-order valence-corrected chi connectivity index (χ2v) is 5.35. The quantitative estimate of drug-likeness (QED) is 0.769. The third-order valence-electron chi connectivity index (χ3n) is 3.99. The van der Waals surface area contributed by atoms with Gasteiger partial charge in [-0.25, -0.2) is 0 Å². The van der Waals surface area contributed by atoms with E-state index in [1.54, 1.807) is 0 Å². The first kappa shape index (κ1) is 11.5. The molecule has 2 heterocycles. The van der Waals surface area contributed by atoms with E-state index < -0.39 is 0 Å². The monoisotopic (exact) mass is 245 g/mol. The number of carbonyl (C=O) groups is 1. The average molecular weight is 245 g/mol. The van der Waals surface area contributed by atoms with E-state index in [9.17, 15) is 4.79 Å². The molecule has 4 nitrogen and oxygen atoms in total. The van der Waals surface area contributed by atoms with E-state index in [1.165, 1.54) is 5.57 Å². The number of hydrogen-bond acceptors (Lipinski definition) is 2. The van der Waals surface area contributed by atoms with Gasteiger partial charge in [0.15, 0.2) is 0 Å². The van der Waals surface area contributed by atoms with Crippen LogP contribution in [0.3, 0.4) is 0 Å². The molecule has 3 rings (SSSR count). The van der Waals surface area contributed by atoms with Crippen molar-refractivity contribution in [3.05, 3.63) is 29.1 Å². The van der Waals surface area contributed by atoms with Crippen molar-refractivity contribution in [3.8, 4) is 0 Å². The predicted molar refractivity (Wildman–Crippen MR) is 69.2 cm³/mol. The van der Waals surface area contributed by atoms with Crippen molar-refractivity contribution in [2.24, 2.45) is 0 Å². The Kier molecular flexibility index (Phi) is 2.94. The zero-order valence-electron chi connectivity index (χ0n) is 10.8. The molecular weight excluding hydrogens is 226 g/mol. The van der Waals surface area contributed by atoms with Crippen molar-refractivity contribution in [2.45, 2.75) is 38.5 Å². The van der Waals surface area contributed by atoms with Crippen molar-refractivity contribution in [1.29, 1.82) is 0 Å². The summed E-state index contributed by atoms with van der Waals surface area (Å²) in [5, 5.41) is 7.11. The van der Waals surface area contributed by atoms with Gasteiger partial charge in [0.05, 0.1) is 12.1 Å². The molecule has 0 saturated heterocycles. The summed E-state index contributed by atoms with van der Waals surface area (Å²) < 4.78 is 0. The van der Waals surface area contributed by atoms with Crippen LogP contribution in [0.2, 0.25) is 0 Å². The van der Waals surface area contributed by atoms with Crippen molar-refractivity contribution >= 4 is 5.91 Å². The third kappa shape index (κ3) is 1.96. The molecule has 0 bridgehead atoms. The molecule has 0 radical (unpaired) electrons. The normalized spacial score (nSPS) is 23.5. The number of nitrogens with one attached hydrogen (secondary N) is 1. The fourth-order valence-electron chi connectivity index (χ4n) is 3.04. The Bertz CT molecular complexity index is 489. The fourth-order valence-corrected chi connectivity index (χ4v) is 3.04. The first-order valence-corrected chi connectivity index (χ1v) is 6.72. The fraction of sp³-hybridized carbons (Fsp3) is 0.571. The minimum absolute atomic E-state index is 0.0263. The predicted octanol–water partition coefficient (Wildman–Crippen LogP) is 2.01. The Morgan fingerprint density at radius 2 is 2.44 bits per heavy atom. The van der Waals surface area contributed by atoms with Gasteiger partial charge in [0.2, 0.25) is 5.91 Å². The van der Waals surface area contributed by atoms with Gasteiger partial charge in [-0.15, -0.1) is 0 Å². The summed E-state index contributed by atoms with van der Waals surface area (Å²) in [6, 6.07) is 0. The number of nitrogens with zero attached hydrogens (tertiary/aromatic N) is 2. The molecule has 1 aromatic rings. The van der Waals surface area contributed by atoms with Crippen LogP contribution in [0, 0.1) is 0 Å². The lowest BCUT2D eigenvalue weighted by molar-refractivity contribution is -0.133. The minimum Gasteiger partial charge on any atom is -0.338 e. The minimum atomic E-state index is 0.0263. The maximum absolute atomic E-state index is 12.6. The molecule has 0 saturated carbocycles. The van der Waals surface area contributed by atoms with E-state index in [0.29, 0.717) is 0 Å². The Morgan fingerprint density at radius 3 is 3.28 bits per heavy atom. The van der Waals surface area contributed by atoms with E-state index in [0.717, 1.165) is 50.0 Å². The Labute approximate surface area is 107 Å². The van der Waals surface area contributed by atoms with Gasteiger partial charge >= 0.3 is 0 Å². The second-order valence-electron chi connectivity index (χ2n) is 5.35. The van der Waals surface area contributed by atoms with Crippen LogP contribution in [0.4, 0.5) is 0 Å². The molecule has 0 fully saturated rings. The highest BCUT2D eigenvalue weighted by molar-refractivity contribution is 5.84. The molecular formula is C14H19N3O. The summed E-state index contributed by atoms with van der Waals surface area (Å²) >= 11 is 0. The van der Waals surface area contributed by atoms with Gasteiger partial charge in [-0.05, 0) is 32.6 Å². The van der Waals surface area contributed by atoms with Crippen LogP contribution in [-0.4, -0.2) is 34.1 Å². The van der Waals surface area contributed by atoms with Gasteiger partial charge < -0.3 is 4.90 Å². The molecule has 96 valence electrons. The highest BCUT2D eigenvalue weighted by atomic mass is 16.2. The Hall–Kier alpha value is -1.58. The number of hydrogen-bond donors (Lipinski definition) is 1. The van der Waals surface area contributed by atoms with E-state index in [1.807, 2.05) is 11.1 Å². The molecule has 1 atom stereocenters. The number of aromatic nitrogens is 2. The number of carbonyl (C=O) groups excluding carboxylic acids is 1. The van der Waals surface area contributed by atoms with Crippen molar-refractivity contribution in [3.63, 3.8) is 0 Å². The summed E-state index contributed by atoms with van der Waals surface area (Å²) in [5.74, 6) is 0.309.